The van der Waals surface area contributed by atoms with Gasteiger partial charge < -0.3 is 5.84 Å². The number of aromatic nitrogens is 1. The Morgan fingerprint density at radius 3 is 2.29 bits per heavy atom. The van der Waals surface area contributed by atoms with E-state index in [1.54, 1.807) is 48.5 Å². The van der Waals surface area contributed by atoms with Gasteiger partial charge in [0.2, 0.25) is 0 Å². The van der Waals surface area contributed by atoms with Crippen molar-refractivity contribution >= 4 is 43.7 Å². The molecule has 11 heteroatoms. The zero-order valence-corrected chi connectivity index (χ0v) is 18.6. The highest BCUT2D eigenvalue weighted by Crippen LogP contribution is 2.40. The topological polar surface area (TPSA) is 160 Å². The van der Waals surface area contributed by atoms with E-state index in [-0.39, 0.29) is 27.4 Å². The second-order valence-corrected chi connectivity index (χ2v) is 8.57. The van der Waals surface area contributed by atoms with E-state index in [1.165, 1.54) is 19.2 Å². The smallest absolute Gasteiger partial charge is 0.295 e. The van der Waals surface area contributed by atoms with Crippen molar-refractivity contribution in [2.24, 2.45) is 26.4 Å². The van der Waals surface area contributed by atoms with Crippen LogP contribution in [0.1, 0.15) is 17.3 Å². The number of hydrogen-bond acceptors (Lipinski definition) is 8. The molecule has 0 spiro atoms. The first-order valence-corrected chi connectivity index (χ1v) is 11.4. The van der Waals surface area contributed by atoms with Crippen LogP contribution in [0, 0.1) is 0 Å². The van der Waals surface area contributed by atoms with E-state index in [4.69, 9.17) is 5.84 Å². The van der Waals surface area contributed by atoms with Gasteiger partial charge in [0, 0.05) is 21.9 Å². The summed E-state index contributed by atoms with van der Waals surface area (Å²) in [6.07, 6.45) is 1.46. The molecule has 4 aromatic rings. The van der Waals surface area contributed by atoms with E-state index in [2.05, 4.69) is 25.5 Å². The molecule has 170 valence electrons. The first kappa shape index (κ1) is 22.8. The molecule has 0 fully saturated rings. The highest BCUT2D eigenvalue weighted by atomic mass is 32.2. The van der Waals surface area contributed by atoms with Crippen LogP contribution < -0.4 is 5.84 Å². The molecule has 3 aromatic carbocycles. The van der Waals surface area contributed by atoms with Crippen molar-refractivity contribution in [1.29, 1.82) is 0 Å². The van der Waals surface area contributed by atoms with Crippen LogP contribution in [0.5, 0.6) is 0 Å². The summed E-state index contributed by atoms with van der Waals surface area (Å²) in [6, 6.07) is 18.1. The van der Waals surface area contributed by atoms with Crippen LogP contribution in [-0.2, 0) is 10.1 Å². The molecule has 34 heavy (non-hydrogen) atoms. The Morgan fingerprint density at radius 1 is 0.941 bits per heavy atom. The maximum absolute atomic E-state index is 12.0. The molecule has 0 radical (unpaired) electrons. The highest BCUT2D eigenvalue weighted by Gasteiger charge is 2.20. The van der Waals surface area contributed by atoms with Gasteiger partial charge in [0.1, 0.15) is 22.0 Å². The number of Topliss-reactive ketones (excluding diaryl/α,β-unsaturated/α-hetero) is 1. The predicted octanol–water partition coefficient (Wildman–Crippen LogP) is 5.72. The lowest BCUT2D eigenvalue weighted by atomic mass is 10.0. The number of rotatable bonds is 6. The van der Waals surface area contributed by atoms with E-state index >= 15 is 0 Å². The third-order valence-corrected chi connectivity index (χ3v) is 5.89. The number of benzene rings is 3. The summed E-state index contributed by atoms with van der Waals surface area (Å²) in [5, 5.41) is 16.0. The maximum atomic E-state index is 12.0. The van der Waals surface area contributed by atoms with E-state index in [0.717, 1.165) is 6.07 Å². The fraction of sp³-hybridized carbons (Fsp3) is 0.0435. The molecule has 4 rings (SSSR count). The lowest BCUT2D eigenvalue weighted by molar-refractivity contribution is 0.101. The van der Waals surface area contributed by atoms with Gasteiger partial charge in [-0.15, -0.1) is 15.3 Å². The van der Waals surface area contributed by atoms with Gasteiger partial charge in [-0.3, -0.25) is 14.3 Å². The van der Waals surface area contributed by atoms with E-state index in [9.17, 15) is 17.8 Å². The Kier molecular flexibility index (Phi) is 6.21. The summed E-state index contributed by atoms with van der Waals surface area (Å²) in [4.78, 5) is 15.9. The highest BCUT2D eigenvalue weighted by molar-refractivity contribution is 7.86. The van der Waals surface area contributed by atoms with Crippen LogP contribution in [-0.4, -0.2) is 23.7 Å². The zero-order valence-electron chi connectivity index (χ0n) is 17.8. The maximum Gasteiger partial charge on any atom is 0.295 e. The van der Waals surface area contributed by atoms with Crippen molar-refractivity contribution in [3.05, 3.63) is 78.5 Å². The molecule has 0 bridgehead atoms. The predicted molar refractivity (Wildman–Crippen MR) is 126 cm³/mol. The standard InChI is InChI=1S/C23H18N6O4S/c1-14(30)16-6-2-3-7-17(16)20-11-10-15(13-25-20)26-27-21-12-22(34(31,32)33)18-8-4-5-9-19(18)23(21)28-29-24/h2-13H,1H3,(H2,24,28)(H,31,32,33)/b27-26+. The normalized spacial score (nSPS) is 12.1. The fourth-order valence-electron chi connectivity index (χ4n) is 3.49. The van der Waals surface area contributed by atoms with Crippen LogP contribution in [0.4, 0.5) is 17.1 Å². The molecule has 0 atom stereocenters. The van der Waals surface area contributed by atoms with Crippen molar-refractivity contribution in [2.45, 2.75) is 11.8 Å². The number of carbonyl (C=O) groups is 1. The first-order chi connectivity index (χ1) is 16.3. The molecule has 1 aromatic heterocycles. The molecular weight excluding hydrogens is 456 g/mol. The van der Waals surface area contributed by atoms with Gasteiger partial charge in [-0.05, 0) is 25.1 Å². The summed E-state index contributed by atoms with van der Waals surface area (Å²) in [5.74, 6) is 5.17. The average Bonchev–Trinajstić information content (AvgIpc) is 2.83. The number of nitrogens with zero attached hydrogens (tertiary/aromatic N) is 5. The molecule has 0 saturated heterocycles. The number of ketones is 1. The molecule has 0 amide bonds. The molecule has 0 aliphatic heterocycles. The average molecular weight is 475 g/mol. The fourth-order valence-corrected chi connectivity index (χ4v) is 4.21. The molecular formula is C23H18N6O4S. The number of nitrogens with two attached hydrogens (primary N) is 1. The molecule has 3 N–H and O–H groups in total. The first-order valence-electron chi connectivity index (χ1n) is 9.92. The van der Waals surface area contributed by atoms with Crippen LogP contribution in [0.2, 0.25) is 0 Å². The lowest BCUT2D eigenvalue weighted by Crippen LogP contribution is -1.99. The molecule has 0 unspecified atom stereocenters. The summed E-state index contributed by atoms with van der Waals surface area (Å²) >= 11 is 0. The molecule has 0 aliphatic rings. The third-order valence-electron chi connectivity index (χ3n) is 5.00. The number of pyridine rings is 1. The van der Waals surface area contributed by atoms with Gasteiger partial charge in [0.15, 0.2) is 5.78 Å². The molecule has 1 heterocycles. The van der Waals surface area contributed by atoms with Crippen molar-refractivity contribution in [2.75, 3.05) is 0 Å². The summed E-state index contributed by atoms with van der Waals surface area (Å²) in [7, 11) is -4.56. The van der Waals surface area contributed by atoms with Gasteiger partial charge in [-0.1, -0.05) is 53.8 Å². The largest absolute Gasteiger partial charge is 0.305 e. The number of fused-ring (bicyclic) bond motifs is 1. The zero-order chi connectivity index (χ0) is 24.3. The third kappa shape index (κ3) is 4.56. The van der Waals surface area contributed by atoms with Gasteiger partial charge in [0.05, 0.1) is 11.9 Å². The van der Waals surface area contributed by atoms with E-state index < -0.39 is 10.1 Å². The molecule has 0 aliphatic carbocycles. The number of azo groups is 1. The van der Waals surface area contributed by atoms with Crippen molar-refractivity contribution < 1.29 is 17.8 Å². The number of hydrogen-bond donors (Lipinski definition) is 2. The van der Waals surface area contributed by atoms with E-state index in [0.29, 0.717) is 27.9 Å². The lowest BCUT2D eigenvalue weighted by Gasteiger charge is -2.09. The molecule has 10 nitrogen and oxygen atoms in total. The Bertz CT molecular complexity index is 1560. The van der Waals surface area contributed by atoms with Crippen LogP contribution in [0.15, 0.2) is 98.4 Å². The Balaban J connectivity index is 1.77. The van der Waals surface area contributed by atoms with Crippen molar-refractivity contribution in [3.8, 4) is 11.3 Å². The van der Waals surface area contributed by atoms with Gasteiger partial charge in [0.25, 0.3) is 10.1 Å². The van der Waals surface area contributed by atoms with Crippen LogP contribution in [0.25, 0.3) is 22.0 Å². The minimum absolute atomic E-state index is 0.0338. The minimum Gasteiger partial charge on any atom is -0.305 e. The Morgan fingerprint density at radius 2 is 1.65 bits per heavy atom. The summed E-state index contributed by atoms with van der Waals surface area (Å²) < 4.78 is 33.6. The van der Waals surface area contributed by atoms with Crippen molar-refractivity contribution in [1.82, 2.24) is 4.98 Å². The van der Waals surface area contributed by atoms with Gasteiger partial charge in [-0.2, -0.15) is 8.42 Å². The summed E-state index contributed by atoms with van der Waals surface area (Å²) in [6.45, 7) is 1.49. The van der Waals surface area contributed by atoms with Crippen LogP contribution in [0.3, 0.4) is 0 Å². The minimum atomic E-state index is -4.56. The van der Waals surface area contributed by atoms with Gasteiger partial charge in [-0.25, -0.2) is 0 Å². The van der Waals surface area contributed by atoms with Gasteiger partial charge >= 0.3 is 0 Å². The summed E-state index contributed by atoms with van der Waals surface area (Å²) in [5.41, 5.74) is 2.41. The second-order valence-electron chi connectivity index (χ2n) is 7.18. The monoisotopic (exact) mass is 474 g/mol. The molecule has 0 saturated carbocycles. The van der Waals surface area contributed by atoms with Crippen molar-refractivity contribution in [3.63, 3.8) is 0 Å². The SMILES string of the molecule is CC(=O)c1ccccc1-c1ccc(/N=N/c2cc(S(=O)(=O)O)c3ccccc3c2N=NN)cn1. The second kappa shape index (κ2) is 9.25. The Hall–Kier alpha value is -4.35. The van der Waals surface area contributed by atoms with Crippen LogP contribution >= 0.6 is 0 Å². The quantitative estimate of drug-likeness (QED) is 0.119. The van der Waals surface area contributed by atoms with E-state index in [1.807, 2.05) is 6.07 Å². The Labute approximate surface area is 194 Å². The number of carbonyl (C=O) groups excluding carboxylic acids is 1.